The Hall–Kier alpha value is -2.54. The first kappa shape index (κ1) is 22.9. The lowest BCUT2D eigenvalue weighted by atomic mass is 9.83. The first-order chi connectivity index (χ1) is 25.1. The Kier molecular flexibility index (Phi) is 6.96. The van der Waals surface area contributed by atoms with E-state index in [1.165, 1.54) is 20.8 Å². The van der Waals surface area contributed by atoms with E-state index in [9.17, 15) is 32.7 Å². The monoisotopic (exact) mass is 662 g/mol. The fourth-order valence-corrected chi connectivity index (χ4v) is 6.69. The van der Waals surface area contributed by atoms with Gasteiger partial charge in [0, 0.05) is 26.3 Å². The van der Waals surface area contributed by atoms with Gasteiger partial charge in [0.15, 0.2) is 11.1 Å². The maximum Gasteiger partial charge on any atom is 0.315 e. The largest absolute Gasteiger partial charge is 0.347 e. The van der Waals surface area contributed by atoms with E-state index < -0.39 is 119 Å². The molecular weight excluding hydrogens is 598 g/mol. The minimum atomic E-state index is -3.92. The Morgan fingerprint density at radius 2 is 1.73 bits per heavy atom. The van der Waals surface area contributed by atoms with Gasteiger partial charge in [-0.2, -0.15) is 0 Å². The van der Waals surface area contributed by atoms with E-state index in [0.717, 1.165) is 4.90 Å². The van der Waals surface area contributed by atoms with E-state index in [1.807, 2.05) is 19.2 Å². The Morgan fingerprint density at radius 3 is 2.29 bits per heavy atom. The summed E-state index contributed by atoms with van der Waals surface area (Å²) in [7, 11) is 0. The van der Waals surface area contributed by atoms with Crippen molar-refractivity contribution in [1.29, 1.82) is 0 Å². The highest BCUT2D eigenvalue weighted by Gasteiger charge is 2.70. The molecule has 5 N–H and O–H groups in total. The second-order valence-electron chi connectivity index (χ2n) is 13.9. The van der Waals surface area contributed by atoms with Gasteiger partial charge in [0.05, 0.1) is 18.7 Å². The zero-order valence-electron chi connectivity index (χ0n) is 37.6. The number of hydrogen-bond donors (Lipinski definition) is 5. The van der Waals surface area contributed by atoms with E-state index in [-0.39, 0.29) is 24.9 Å². The molecule has 1 aliphatic heterocycles. The molecule has 0 aromatic heterocycles. The number of fused-ring (bicyclic) bond motifs is 1. The van der Waals surface area contributed by atoms with Gasteiger partial charge in [0.25, 0.3) is 5.91 Å². The summed E-state index contributed by atoms with van der Waals surface area (Å²) in [5.74, 6) is -6.31. The number of Topliss-reactive ketones (excluding diaryl/α,β-unsaturated/α-hetero) is 1. The fraction of sp³-hybridized carbons (Fsp3) is 0.844. The van der Waals surface area contributed by atoms with Crippen LogP contribution in [0.2, 0.25) is 0 Å². The van der Waals surface area contributed by atoms with Crippen LogP contribution in [0.25, 0.3) is 0 Å². The molecule has 45 heavy (non-hydrogen) atoms. The van der Waals surface area contributed by atoms with Crippen molar-refractivity contribution in [3.63, 3.8) is 0 Å². The molecule has 0 aromatic rings. The van der Waals surface area contributed by atoms with Gasteiger partial charge >= 0.3 is 6.03 Å². The second-order valence-corrected chi connectivity index (χ2v) is 14.9. The number of carbonyl (C=O) groups is 5. The van der Waals surface area contributed by atoms with Crippen molar-refractivity contribution in [2.45, 2.75) is 135 Å². The summed E-state index contributed by atoms with van der Waals surface area (Å²) in [5.41, 5.74) is -5.29. The zero-order valence-corrected chi connectivity index (χ0v) is 27.4. The third-order valence-electron chi connectivity index (χ3n) is 8.94. The van der Waals surface area contributed by atoms with Gasteiger partial charge in [0.2, 0.25) is 17.6 Å². The number of amides is 5. The molecule has 1 heterocycles. The molecule has 3 aliphatic carbocycles. The van der Waals surface area contributed by atoms with Crippen molar-refractivity contribution in [2.75, 3.05) is 12.3 Å². The summed E-state index contributed by atoms with van der Waals surface area (Å²) in [4.78, 5) is 69.9. The standard InChI is InChI=1S/C32H53N5O7S/c1-7-8-12-21(24(38)27(40)33-19-13-14-19)34-26(39)23-22-20(31(22,5)6)17-37(23)28(41)25(30(2,3)4)35-29(42)36-32(18-45(43)44)15-10-9-11-16-32/h19-23,25H,7-18H2,1-6H3,(H,33,40)(H,34,39)(H,43,44)(H2,35,36,42)/t20-,21-,22-,23-,25+/m0/s1/i9D2,10D2,11D2,15D2,16D2,21D. The van der Waals surface area contributed by atoms with Gasteiger partial charge in [0.1, 0.15) is 12.1 Å². The van der Waals surface area contributed by atoms with Crippen molar-refractivity contribution in [3.8, 4) is 0 Å². The molecule has 0 aromatic carbocycles. The topological polar surface area (TPSA) is 174 Å². The van der Waals surface area contributed by atoms with Gasteiger partial charge in [-0.1, -0.05) is 73.5 Å². The van der Waals surface area contributed by atoms with Gasteiger partial charge in [-0.3, -0.25) is 19.2 Å². The van der Waals surface area contributed by atoms with Gasteiger partial charge < -0.3 is 30.7 Å². The highest BCUT2D eigenvalue weighted by atomic mass is 32.2. The number of nitrogens with zero attached hydrogens (tertiary/aromatic N) is 1. The zero-order chi connectivity index (χ0) is 43.2. The minimum Gasteiger partial charge on any atom is -0.347 e. The summed E-state index contributed by atoms with van der Waals surface area (Å²) in [6.07, 6.45) is -17.6. The molecule has 12 nitrogen and oxygen atoms in total. The van der Waals surface area contributed by atoms with Gasteiger partial charge in [-0.05, 0) is 54.7 Å². The summed E-state index contributed by atoms with van der Waals surface area (Å²) in [5, 5.41) is 9.14. The predicted octanol–water partition coefficient (Wildman–Crippen LogP) is 2.63. The number of likely N-dealkylation sites (tertiary alicyclic amines) is 1. The molecule has 0 bridgehead atoms. The van der Waals surface area contributed by atoms with Crippen molar-refractivity contribution in [1.82, 2.24) is 26.2 Å². The average molecular weight is 663 g/mol. The lowest BCUT2D eigenvalue weighted by Gasteiger charge is -2.40. The highest BCUT2D eigenvalue weighted by Crippen LogP contribution is 2.65. The van der Waals surface area contributed by atoms with Crippen LogP contribution in [-0.4, -0.2) is 85.2 Å². The normalized spacial score (nSPS) is 36.8. The number of urea groups is 1. The molecule has 1 saturated heterocycles. The second kappa shape index (κ2) is 13.7. The Balaban J connectivity index is 1.70. The van der Waals surface area contributed by atoms with Crippen LogP contribution < -0.4 is 21.3 Å². The molecule has 6 atom stereocenters. The Morgan fingerprint density at radius 1 is 1.09 bits per heavy atom. The van der Waals surface area contributed by atoms with Crippen molar-refractivity contribution >= 4 is 40.6 Å². The van der Waals surface area contributed by atoms with Gasteiger partial charge in [-0.25, -0.2) is 9.00 Å². The number of piperidine rings is 1. The van der Waals surface area contributed by atoms with E-state index in [2.05, 4.69) is 16.0 Å². The maximum absolute atomic E-state index is 14.5. The molecule has 3 saturated carbocycles. The number of rotatable bonds is 13. The lowest BCUT2D eigenvalue weighted by molar-refractivity contribution is -0.145. The third kappa shape index (κ3) is 8.25. The summed E-state index contributed by atoms with van der Waals surface area (Å²) >= 11 is -3.24. The first-order valence-corrected chi connectivity index (χ1v) is 16.6. The quantitative estimate of drug-likeness (QED) is 0.149. The SMILES string of the molecule is [2H]C1([2H])C([2H])([2H])C([2H])([2H])C(CS(=O)O)(NC(=O)N[C@H](C(=O)N2C[C@H]3[C@@H]([C@H]2C(=O)N[C@@]([2H])(CCCC)C(=O)C(=O)NC2CC2)C3(C)C)C(C)(C)C)C([2H])([2H])C1([2H])[2H]. The maximum atomic E-state index is 14.5. The molecule has 4 aliphatic rings. The van der Waals surface area contributed by atoms with Crippen LogP contribution in [0.1, 0.15) is 121 Å². The van der Waals surface area contributed by atoms with Gasteiger partial charge in [-0.15, -0.1) is 0 Å². The van der Waals surface area contributed by atoms with Crippen LogP contribution in [0.5, 0.6) is 0 Å². The molecule has 13 heteroatoms. The molecule has 0 spiro atoms. The molecule has 4 rings (SSSR count). The number of unbranched alkanes of at least 4 members (excludes halogenated alkanes) is 1. The van der Waals surface area contributed by atoms with Crippen LogP contribution in [0, 0.1) is 22.7 Å². The average Bonchev–Trinajstić information content (AvgIpc) is 3.90. The molecule has 5 amide bonds. The number of hydrogen-bond acceptors (Lipinski definition) is 6. The third-order valence-corrected chi connectivity index (χ3v) is 9.62. The smallest absolute Gasteiger partial charge is 0.315 e. The molecular formula is C32H53N5O7S. The molecule has 254 valence electrons. The molecule has 4 fully saturated rings. The van der Waals surface area contributed by atoms with Crippen LogP contribution in [0.4, 0.5) is 4.79 Å². The summed E-state index contributed by atoms with van der Waals surface area (Å²) in [6.45, 7) is 10.0. The summed E-state index contributed by atoms with van der Waals surface area (Å²) < 4.78 is 115. The highest BCUT2D eigenvalue weighted by molar-refractivity contribution is 7.79. The molecule has 0 radical (unpaired) electrons. The Labute approximate surface area is 285 Å². The molecule has 1 unspecified atom stereocenters. The minimum absolute atomic E-state index is 0.0193. The number of ketones is 1. The van der Waals surface area contributed by atoms with Crippen molar-refractivity contribution < 1.29 is 47.8 Å². The van der Waals surface area contributed by atoms with Crippen molar-refractivity contribution in [3.05, 3.63) is 0 Å². The fourth-order valence-electron chi connectivity index (χ4n) is 6.11. The van der Waals surface area contributed by atoms with E-state index in [4.69, 9.17) is 15.1 Å². The Bertz CT molecular complexity index is 1640. The van der Waals surface area contributed by atoms with Crippen LogP contribution >= 0.6 is 0 Å². The predicted molar refractivity (Wildman–Crippen MR) is 170 cm³/mol. The lowest BCUT2D eigenvalue weighted by Crippen LogP contribution is -2.63. The van der Waals surface area contributed by atoms with E-state index in [0.29, 0.717) is 25.7 Å². The van der Waals surface area contributed by atoms with Crippen LogP contribution in [0.15, 0.2) is 0 Å². The van der Waals surface area contributed by atoms with E-state index in [1.54, 1.807) is 6.92 Å². The number of nitrogens with one attached hydrogen (secondary N) is 4. The first-order valence-electron chi connectivity index (χ1n) is 20.8. The van der Waals surface area contributed by atoms with E-state index >= 15 is 0 Å². The summed E-state index contributed by atoms with van der Waals surface area (Å²) in [6, 6.07) is -7.11. The van der Waals surface area contributed by atoms with Crippen LogP contribution in [-0.2, 0) is 30.3 Å². The van der Waals surface area contributed by atoms with Crippen LogP contribution in [0.3, 0.4) is 0 Å². The van der Waals surface area contributed by atoms with Crippen molar-refractivity contribution in [2.24, 2.45) is 22.7 Å². The number of carbonyl (C=O) groups excluding carboxylic acids is 5.